The summed E-state index contributed by atoms with van der Waals surface area (Å²) < 4.78 is 0. The molecule has 0 amide bonds. The van der Waals surface area contributed by atoms with E-state index < -0.39 is 0 Å². The van der Waals surface area contributed by atoms with Crippen molar-refractivity contribution in [3.05, 3.63) is 29.6 Å². The van der Waals surface area contributed by atoms with E-state index in [0.29, 0.717) is 0 Å². The minimum atomic E-state index is -0.256. The van der Waals surface area contributed by atoms with Crippen LogP contribution in [0.4, 0.5) is 0 Å². The first-order chi connectivity index (χ1) is 5.55. The Kier molecular flexibility index (Phi) is 2.48. The number of pyridine rings is 1. The minimum absolute atomic E-state index is 0.256. The molecule has 0 atom stereocenters. The molecule has 0 aliphatic heterocycles. The summed E-state index contributed by atoms with van der Waals surface area (Å²) in [5.74, 6) is 0. The number of aryl methyl sites for hydroxylation is 1. The van der Waals surface area contributed by atoms with Crippen LogP contribution >= 0.6 is 0 Å². The predicted octanol–water partition coefficient (Wildman–Crippen LogP) is 1.84. The molecule has 0 bridgehead atoms. The third-order valence-electron chi connectivity index (χ3n) is 1.98. The van der Waals surface area contributed by atoms with Gasteiger partial charge in [0.1, 0.15) is 0 Å². The van der Waals surface area contributed by atoms with Gasteiger partial charge in [0, 0.05) is 17.9 Å². The van der Waals surface area contributed by atoms with Gasteiger partial charge in [-0.1, -0.05) is 6.92 Å². The fraction of sp³-hybridized carbons (Fsp3) is 0.500. The second kappa shape index (κ2) is 3.23. The van der Waals surface area contributed by atoms with E-state index >= 15 is 0 Å². The highest BCUT2D eigenvalue weighted by Gasteiger charge is 2.16. The van der Waals surface area contributed by atoms with Gasteiger partial charge < -0.3 is 5.73 Å². The quantitative estimate of drug-likeness (QED) is 0.724. The first-order valence-corrected chi connectivity index (χ1v) is 4.28. The van der Waals surface area contributed by atoms with Gasteiger partial charge in [-0.05, 0) is 37.5 Å². The van der Waals surface area contributed by atoms with E-state index in [2.05, 4.69) is 11.9 Å². The Morgan fingerprint density at radius 2 is 2.17 bits per heavy atom. The van der Waals surface area contributed by atoms with Crippen molar-refractivity contribution in [1.82, 2.24) is 4.98 Å². The van der Waals surface area contributed by atoms with Crippen LogP contribution in [0.15, 0.2) is 18.5 Å². The van der Waals surface area contributed by atoms with E-state index in [1.807, 2.05) is 26.1 Å². The normalized spacial score (nSPS) is 11.7. The van der Waals surface area contributed by atoms with Gasteiger partial charge in [-0.3, -0.25) is 4.98 Å². The maximum absolute atomic E-state index is 6.01. The largest absolute Gasteiger partial charge is 0.322 e. The van der Waals surface area contributed by atoms with Gasteiger partial charge >= 0.3 is 0 Å². The summed E-state index contributed by atoms with van der Waals surface area (Å²) in [5, 5.41) is 0. The van der Waals surface area contributed by atoms with Crippen LogP contribution in [0.25, 0.3) is 0 Å². The number of rotatable bonds is 2. The van der Waals surface area contributed by atoms with Gasteiger partial charge in [-0.25, -0.2) is 0 Å². The molecule has 2 nitrogen and oxygen atoms in total. The molecular weight excluding hydrogens is 148 g/mol. The van der Waals surface area contributed by atoms with E-state index in [-0.39, 0.29) is 5.54 Å². The standard InChI is InChI=1S/C10H16N2/c1-4-8-7-12-6-5-9(8)10(2,3)11/h5-7H,4,11H2,1-3H3. The van der Waals surface area contributed by atoms with Crippen molar-refractivity contribution in [3.8, 4) is 0 Å². The van der Waals surface area contributed by atoms with E-state index in [1.54, 1.807) is 6.20 Å². The highest BCUT2D eigenvalue weighted by molar-refractivity contribution is 5.29. The maximum atomic E-state index is 6.01. The smallest absolute Gasteiger partial charge is 0.0356 e. The van der Waals surface area contributed by atoms with Crippen molar-refractivity contribution in [2.75, 3.05) is 0 Å². The Morgan fingerprint density at radius 1 is 1.50 bits per heavy atom. The van der Waals surface area contributed by atoms with E-state index in [0.717, 1.165) is 6.42 Å². The second-order valence-electron chi connectivity index (χ2n) is 3.61. The Hall–Kier alpha value is -0.890. The van der Waals surface area contributed by atoms with E-state index in [1.165, 1.54) is 11.1 Å². The van der Waals surface area contributed by atoms with Gasteiger partial charge in [-0.2, -0.15) is 0 Å². The van der Waals surface area contributed by atoms with Gasteiger partial charge in [-0.15, -0.1) is 0 Å². The molecule has 1 aromatic heterocycles. The molecule has 0 aliphatic carbocycles. The first-order valence-electron chi connectivity index (χ1n) is 4.28. The topological polar surface area (TPSA) is 38.9 Å². The lowest BCUT2D eigenvalue weighted by atomic mass is 9.91. The van der Waals surface area contributed by atoms with Crippen LogP contribution in [0.1, 0.15) is 31.9 Å². The van der Waals surface area contributed by atoms with Crippen LogP contribution in [0, 0.1) is 0 Å². The monoisotopic (exact) mass is 164 g/mol. The summed E-state index contributed by atoms with van der Waals surface area (Å²) in [6, 6.07) is 2.00. The van der Waals surface area contributed by atoms with E-state index in [9.17, 15) is 0 Å². The SMILES string of the molecule is CCc1cnccc1C(C)(C)N. The summed E-state index contributed by atoms with van der Waals surface area (Å²) in [4.78, 5) is 4.07. The lowest BCUT2D eigenvalue weighted by molar-refractivity contribution is 0.547. The number of nitrogens with zero attached hydrogens (tertiary/aromatic N) is 1. The Balaban J connectivity index is 3.14. The minimum Gasteiger partial charge on any atom is -0.322 e. The number of hydrogen-bond donors (Lipinski definition) is 1. The summed E-state index contributed by atoms with van der Waals surface area (Å²) in [6.45, 7) is 6.15. The van der Waals surface area contributed by atoms with Crippen LogP contribution in [0.2, 0.25) is 0 Å². The van der Waals surface area contributed by atoms with Crippen LogP contribution in [0.3, 0.4) is 0 Å². The molecule has 0 fully saturated rings. The zero-order chi connectivity index (χ0) is 9.19. The second-order valence-corrected chi connectivity index (χ2v) is 3.61. The molecule has 1 rings (SSSR count). The Bertz CT molecular complexity index is 261. The molecule has 0 spiro atoms. The van der Waals surface area contributed by atoms with Gasteiger partial charge in [0.2, 0.25) is 0 Å². The van der Waals surface area contributed by atoms with Crippen molar-refractivity contribution >= 4 is 0 Å². The van der Waals surface area contributed by atoms with Crippen LogP contribution < -0.4 is 5.73 Å². The molecule has 0 saturated heterocycles. The van der Waals surface area contributed by atoms with E-state index in [4.69, 9.17) is 5.73 Å². The molecule has 1 heterocycles. The molecule has 66 valence electrons. The molecule has 0 radical (unpaired) electrons. The zero-order valence-corrected chi connectivity index (χ0v) is 7.96. The van der Waals surface area contributed by atoms with Crippen molar-refractivity contribution in [2.45, 2.75) is 32.7 Å². The van der Waals surface area contributed by atoms with Crippen LogP contribution in [0.5, 0.6) is 0 Å². The van der Waals surface area contributed by atoms with Crippen molar-refractivity contribution < 1.29 is 0 Å². The fourth-order valence-corrected chi connectivity index (χ4v) is 1.34. The van der Waals surface area contributed by atoms with Crippen molar-refractivity contribution in [2.24, 2.45) is 5.73 Å². The fourth-order valence-electron chi connectivity index (χ4n) is 1.34. The predicted molar refractivity (Wildman–Crippen MR) is 50.8 cm³/mol. The van der Waals surface area contributed by atoms with Gasteiger partial charge in [0.15, 0.2) is 0 Å². The lowest BCUT2D eigenvalue weighted by Gasteiger charge is -2.21. The molecule has 0 aliphatic rings. The summed E-state index contributed by atoms with van der Waals surface area (Å²) in [6.07, 6.45) is 4.68. The molecule has 2 N–H and O–H groups in total. The number of hydrogen-bond acceptors (Lipinski definition) is 2. The lowest BCUT2D eigenvalue weighted by Crippen LogP contribution is -2.30. The van der Waals surface area contributed by atoms with Crippen LogP contribution in [-0.2, 0) is 12.0 Å². The molecule has 12 heavy (non-hydrogen) atoms. The molecular formula is C10H16N2. The molecule has 1 aromatic rings. The molecule has 0 unspecified atom stereocenters. The zero-order valence-electron chi connectivity index (χ0n) is 7.96. The average molecular weight is 164 g/mol. The highest BCUT2D eigenvalue weighted by Crippen LogP contribution is 2.20. The first kappa shape index (κ1) is 9.20. The third-order valence-corrected chi connectivity index (χ3v) is 1.98. The maximum Gasteiger partial charge on any atom is 0.0356 e. The number of nitrogens with two attached hydrogens (primary N) is 1. The van der Waals surface area contributed by atoms with Crippen LogP contribution in [-0.4, -0.2) is 4.98 Å². The van der Waals surface area contributed by atoms with Crippen molar-refractivity contribution in [1.29, 1.82) is 0 Å². The van der Waals surface area contributed by atoms with Gasteiger partial charge in [0.05, 0.1) is 0 Å². The molecule has 0 aromatic carbocycles. The van der Waals surface area contributed by atoms with Crippen molar-refractivity contribution in [3.63, 3.8) is 0 Å². The molecule has 0 saturated carbocycles. The number of aromatic nitrogens is 1. The highest BCUT2D eigenvalue weighted by atomic mass is 14.7. The Morgan fingerprint density at radius 3 is 2.58 bits per heavy atom. The molecule has 2 heteroatoms. The average Bonchev–Trinajstić information content (AvgIpc) is 2.03. The summed E-state index contributed by atoms with van der Waals surface area (Å²) >= 11 is 0. The Labute approximate surface area is 73.8 Å². The van der Waals surface area contributed by atoms with Gasteiger partial charge in [0.25, 0.3) is 0 Å². The third kappa shape index (κ3) is 1.83. The summed E-state index contributed by atoms with van der Waals surface area (Å²) in [7, 11) is 0. The summed E-state index contributed by atoms with van der Waals surface area (Å²) in [5.41, 5.74) is 8.18.